The van der Waals surface area contributed by atoms with E-state index in [-0.39, 0.29) is 0 Å². The first-order valence-corrected chi connectivity index (χ1v) is 6.51. The normalized spacial score (nSPS) is 21.3. The van der Waals surface area contributed by atoms with Crippen molar-refractivity contribution >= 4 is 10.9 Å². The fourth-order valence-corrected chi connectivity index (χ4v) is 2.62. The number of fused-ring (bicyclic) bond motifs is 1. The number of nitrogens with zero attached hydrogens (tertiary/aromatic N) is 1. The topological polar surface area (TPSA) is 24.9 Å². The second-order valence-electron chi connectivity index (χ2n) is 4.81. The fourth-order valence-electron chi connectivity index (χ4n) is 2.62. The third kappa shape index (κ3) is 2.32. The molecule has 2 aromatic rings. The number of hydrogen-bond acceptors (Lipinski definition) is 2. The van der Waals surface area contributed by atoms with Crippen molar-refractivity contribution in [2.45, 2.75) is 31.7 Å². The first kappa shape index (κ1) is 10.7. The Balaban J connectivity index is 1.93. The largest absolute Gasteiger partial charge is 0.310 e. The van der Waals surface area contributed by atoms with Crippen LogP contribution >= 0.6 is 0 Å². The Morgan fingerprint density at radius 1 is 1.12 bits per heavy atom. The summed E-state index contributed by atoms with van der Waals surface area (Å²) < 4.78 is 0. The van der Waals surface area contributed by atoms with Gasteiger partial charge in [0.25, 0.3) is 0 Å². The summed E-state index contributed by atoms with van der Waals surface area (Å²) in [5.74, 6) is 0. The Bertz CT molecular complexity index is 499. The number of nitrogens with one attached hydrogen (secondary N) is 1. The summed E-state index contributed by atoms with van der Waals surface area (Å²) in [6, 6.07) is 11.3. The van der Waals surface area contributed by atoms with Crippen LogP contribution in [0.25, 0.3) is 10.9 Å². The molecule has 2 heterocycles. The highest BCUT2D eigenvalue weighted by Crippen LogP contribution is 2.25. The van der Waals surface area contributed by atoms with Crippen LogP contribution in [0.2, 0.25) is 0 Å². The molecule has 0 unspecified atom stereocenters. The van der Waals surface area contributed by atoms with Crippen LogP contribution in [0.1, 0.15) is 37.3 Å². The molecule has 1 aliphatic heterocycles. The standard InChI is InChI=1S/C15H18N2/c1-2-6-14(16-9-3-1)13-7-8-15-12(11-13)5-4-10-17-15/h4-5,7-8,10-11,14,16H,1-3,6,9H2/t14-/m0/s1. The quantitative estimate of drug-likeness (QED) is 0.805. The second-order valence-corrected chi connectivity index (χ2v) is 4.81. The van der Waals surface area contributed by atoms with E-state index in [0.29, 0.717) is 6.04 Å². The van der Waals surface area contributed by atoms with E-state index >= 15 is 0 Å². The van der Waals surface area contributed by atoms with Gasteiger partial charge in [-0.25, -0.2) is 0 Å². The number of benzene rings is 1. The smallest absolute Gasteiger partial charge is 0.0702 e. The Labute approximate surface area is 102 Å². The van der Waals surface area contributed by atoms with Crippen molar-refractivity contribution in [1.29, 1.82) is 0 Å². The summed E-state index contributed by atoms with van der Waals surface area (Å²) in [4.78, 5) is 4.37. The SMILES string of the molecule is c1cnc2ccc([C@@H]3CCCCCN3)cc2c1. The molecule has 1 aliphatic rings. The van der Waals surface area contributed by atoms with E-state index < -0.39 is 0 Å². The van der Waals surface area contributed by atoms with E-state index in [9.17, 15) is 0 Å². The van der Waals surface area contributed by atoms with Crippen molar-refractivity contribution in [2.75, 3.05) is 6.54 Å². The van der Waals surface area contributed by atoms with Crippen molar-refractivity contribution in [3.63, 3.8) is 0 Å². The van der Waals surface area contributed by atoms with Gasteiger partial charge in [-0.15, -0.1) is 0 Å². The molecule has 88 valence electrons. The minimum atomic E-state index is 0.530. The number of rotatable bonds is 1. The molecule has 2 nitrogen and oxygen atoms in total. The van der Waals surface area contributed by atoms with Gasteiger partial charge in [0.15, 0.2) is 0 Å². The zero-order chi connectivity index (χ0) is 11.5. The molecule has 3 rings (SSSR count). The average Bonchev–Trinajstić information content (AvgIpc) is 2.67. The van der Waals surface area contributed by atoms with Crippen LogP contribution in [0.3, 0.4) is 0 Å². The van der Waals surface area contributed by atoms with Gasteiger partial charge in [0.1, 0.15) is 0 Å². The van der Waals surface area contributed by atoms with E-state index in [0.717, 1.165) is 12.1 Å². The predicted molar refractivity (Wildman–Crippen MR) is 71.0 cm³/mol. The zero-order valence-electron chi connectivity index (χ0n) is 10.0. The molecule has 1 N–H and O–H groups in total. The lowest BCUT2D eigenvalue weighted by Crippen LogP contribution is -2.20. The minimum absolute atomic E-state index is 0.530. The summed E-state index contributed by atoms with van der Waals surface area (Å²) in [7, 11) is 0. The first-order valence-electron chi connectivity index (χ1n) is 6.51. The van der Waals surface area contributed by atoms with Crippen LogP contribution < -0.4 is 5.32 Å². The maximum Gasteiger partial charge on any atom is 0.0702 e. The third-order valence-electron chi connectivity index (χ3n) is 3.59. The van der Waals surface area contributed by atoms with Gasteiger partial charge in [0.05, 0.1) is 5.52 Å². The average molecular weight is 226 g/mol. The van der Waals surface area contributed by atoms with Crippen LogP contribution in [0.4, 0.5) is 0 Å². The van der Waals surface area contributed by atoms with Gasteiger partial charge in [-0.1, -0.05) is 25.0 Å². The fraction of sp³-hybridized carbons (Fsp3) is 0.400. The van der Waals surface area contributed by atoms with Crippen molar-refractivity contribution in [2.24, 2.45) is 0 Å². The molecule has 1 fully saturated rings. The molecule has 0 aliphatic carbocycles. The summed E-state index contributed by atoms with van der Waals surface area (Å²) in [5.41, 5.74) is 2.50. The van der Waals surface area contributed by atoms with Crippen LogP contribution in [-0.2, 0) is 0 Å². The number of hydrogen-bond donors (Lipinski definition) is 1. The zero-order valence-corrected chi connectivity index (χ0v) is 10.0. The molecule has 0 spiro atoms. The monoisotopic (exact) mass is 226 g/mol. The summed E-state index contributed by atoms with van der Waals surface area (Å²) in [5, 5.41) is 4.89. The third-order valence-corrected chi connectivity index (χ3v) is 3.59. The summed E-state index contributed by atoms with van der Waals surface area (Å²) >= 11 is 0. The Morgan fingerprint density at radius 2 is 2.12 bits per heavy atom. The molecular formula is C15H18N2. The van der Waals surface area contributed by atoms with Crippen molar-refractivity contribution in [3.05, 3.63) is 42.1 Å². The summed E-state index contributed by atoms with van der Waals surface area (Å²) in [6.45, 7) is 1.15. The van der Waals surface area contributed by atoms with E-state index in [4.69, 9.17) is 0 Å². The van der Waals surface area contributed by atoms with Crippen LogP contribution in [-0.4, -0.2) is 11.5 Å². The second kappa shape index (κ2) is 4.84. The van der Waals surface area contributed by atoms with Crippen molar-refractivity contribution < 1.29 is 0 Å². The molecule has 1 atom stereocenters. The lowest BCUT2D eigenvalue weighted by Gasteiger charge is -2.16. The van der Waals surface area contributed by atoms with Crippen LogP contribution in [0.15, 0.2) is 36.5 Å². The highest BCUT2D eigenvalue weighted by Gasteiger charge is 2.13. The van der Waals surface area contributed by atoms with Crippen molar-refractivity contribution in [1.82, 2.24) is 10.3 Å². The van der Waals surface area contributed by atoms with Crippen LogP contribution in [0.5, 0.6) is 0 Å². The maximum atomic E-state index is 4.37. The van der Waals surface area contributed by atoms with Gasteiger partial charge in [0, 0.05) is 17.6 Å². The molecule has 0 bridgehead atoms. The molecule has 0 radical (unpaired) electrons. The Kier molecular flexibility index (Phi) is 3.06. The highest BCUT2D eigenvalue weighted by atomic mass is 14.9. The minimum Gasteiger partial charge on any atom is -0.310 e. The molecule has 2 heteroatoms. The molecule has 0 saturated carbocycles. The lowest BCUT2D eigenvalue weighted by atomic mass is 10.0. The molecule has 0 amide bonds. The van der Waals surface area contributed by atoms with E-state index in [1.54, 1.807) is 0 Å². The number of pyridine rings is 1. The van der Waals surface area contributed by atoms with Gasteiger partial charge < -0.3 is 5.32 Å². The highest BCUT2D eigenvalue weighted by molar-refractivity contribution is 5.79. The summed E-state index contributed by atoms with van der Waals surface area (Å²) in [6.07, 6.45) is 7.12. The van der Waals surface area contributed by atoms with E-state index in [1.165, 1.54) is 36.6 Å². The van der Waals surface area contributed by atoms with Gasteiger partial charge in [-0.2, -0.15) is 0 Å². The Hall–Kier alpha value is -1.41. The predicted octanol–water partition coefficient (Wildman–Crippen LogP) is 3.44. The van der Waals surface area contributed by atoms with E-state index in [1.807, 2.05) is 12.3 Å². The van der Waals surface area contributed by atoms with Gasteiger partial charge in [0.2, 0.25) is 0 Å². The van der Waals surface area contributed by atoms with Gasteiger partial charge >= 0.3 is 0 Å². The van der Waals surface area contributed by atoms with Crippen molar-refractivity contribution in [3.8, 4) is 0 Å². The first-order chi connectivity index (χ1) is 8.43. The number of aromatic nitrogens is 1. The molecule has 1 saturated heterocycles. The van der Waals surface area contributed by atoms with E-state index in [2.05, 4.69) is 34.6 Å². The van der Waals surface area contributed by atoms with Gasteiger partial charge in [-0.3, -0.25) is 4.98 Å². The Morgan fingerprint density at radius 3 is 3.12 bits per heavy atom. The van der Waals surface area contributed by atoms with Crippen LogP contribution in [0, 0.1) is 0 Å². The maximum absolute atomic E-state index is 4.37. The molecule has 17 heavy (non-hydrogen) atoms. The molecule has 1 aromatic carbocycles. The molecule has 1 aromatic heterocycles. The molecular weight excluding hydrogens is 208 g/mol. The van der Waals surface area contributed by atoms with Gasteiger partial charge in [-0.05, 0) is 43.1 Å². The lowest BCUT2D eigenvalue weighted by molar-refractivity contribution is 0.535.